The summed E-state index contributed by atoms with van der Waals surface area (Å²) in [5.74, 6) is 1.12. The highest BCUT2D eigenvalue weighted by Crippen LogP contribution is 2.27. The highest BCUT2D eigenvalue weighted by Gasteiger charge is 2.30. The topological polar surface area (TPSA) is 39.9 Å². The van der Waals surface area contributed by atoms with Gasteiger partial charge >= 0.3 is 0 Å². The summed E-state index contributed by atoms with van der Waals surface area (Å²) in [6.07, 6.45) is 6.72. The predicted octanol–water partition coefficient (Wildman–Crippen LogP) is 3.15. The number of benzene rings is 1. The zero-order valence-corrected chi connectivity index (χ0v) is 15.8. The van der Waals surface area contributed by atoms with Crippen LogP contribution in [0.4, 0.5) is 5.88 Å². The van der Waals surface area contributed by atoms with Crippen LogP contribution < -0.4 is 4.90 Å². The zero-order chi connectivity index (χ0) is 18.2. The second kappa shape index (κ2) is 7.04. The predicted molar refractivity (Wildman–Crippen MR) is 105 cm³/mol. The quantitative estimate of drug-likeness (QED) is 0.838. The normalized spacial score (nSPS) is 21.0. The van der Waals surface area contributed by atoms with Crippen molar-refractivity contribution in [1.29, 1.82) is 0 Å². The minimum Gasteiger partial charge on any atom is -0.449 e. The molecule has 3 aliphatic rings. The number of piperazine rings is 1. The van der Waals surface area contributed by atoms with E-state index >= 15 is 0 Å². The number of rotatable bonds is 3. The van der Waals surface area contributed by atoms with Crippen LogP contribution in [-0.2, 0) is 13.0 Å². The molecule has 1 aromatic carbocycles. The number of anilines is 1. The average molecular weight is 365 g/mol. The molecule has 3 heterocycles. The Bertz CT molecular complexity index is 805. The molecule has 0 radical (unpaired) electrons. The lowest BCUT2D eigenvalue weighted by atomic mass is 9.91. The molecule has 5 heteroatoms. The fourth-order valence-corrected chi connectivity index (χ4v) is 4.55. The van der Waals surface area contributed by atoms with Crippen molar-refractivity contribution in [1.82, 2.24) is 9.80 Å². The van der Waals surface area contributed by atoms with Crippen LogP contribution in [0.2, 0.25) is 0 Å². The third kappa shape index (κ3) is 3.25. The van der Waals surface area contributed by atoms with E-state index in [4.69, 9.17) is 4.42 Å². The number of hydrogen-bond donors (Lipinski definition) is 0. The van der Waals surface area contributed by atoms with Crippen LogP contribution in [0.3, 0.4) is 0 Å². The Balaban J connectivity index is 1.24. The monoisotopic (exact) mass is 365 g/mol. The molecule has 142 valence electrons. The van der Waals surface area contributed by atoms with E-state index in [0.717, 1.165) is 63.2 Å². The molecular weight excluding hydrogens is 338 g/mol. The Kier molecular flexibility index (Phi) is 4.40. The van der Waals surface area contributed by atoms with Gasteiger partial charge < -0.3 is 14.2 Å². The molecule has 2 aromatic rings. The van der Waals surface area contributed by atoms with Crippen molar-refractivity contribution < 1.29 is 9.21 Å². The van der Waals surface area contributed by atoms with Crippen molar-refractivity contribution >= 4 is 11.8 Å². The maximum atomic E-state index is 13.0. The molecule has 27 heavy (non-hydrogen) atoms. The van der Waals surface area contributed by atoms with Crippen LogP contribution in [0, 0.1) is 0 Å². The maximum Gasteiger partial charge on any atom is 0.253 e. The van der Waals surface area contributed by atoms with E-state index in [1.807, 2.05) is 23.1 Å². The van der Waals surface area contributed by atoms with Crippen LogP contribution in [-0.4, -0.2) is 54.5 Å². The summed E-state index contributed by atoms with van der Waals surface area (Å²) in [5, 5.41) is 0. The molecule has 1 saturated heterocycles. The first-order chi connectivity index (χ1) is 13.3. The van der Waals surface area contributed by atoms with Crippen LogP contribution >= 0.6 is 0 Å². The van der Waals surface area contributed by atoms with Gasteiger partial charge in [-0.05, 0) is 48.6 Å². The van der Waals surface area contributed by atoms with Crippen molar-refractivity contribution in [3.63, 3.8) is 0 Å². The third-order valence-corrected chi connectivity index (χ3v) is 6.48. The number of amides is 1. The molecule has 1 aromatic heterocycles. The number of nitrogens with zero attached hydrogens (tertiary/aromatic N) is 3. The summed E-state index contributed by atoms with van der Waals surface area (Å²) in [6.45, 7) is 5.55. The summed E-state index contributed by atoms with van der Waals surface area (Å²) < 4.78 is 5.53. The Morgan fingerprint density at radius 2 is 1.85 bits per heavy atom. The SMILES string of the molecule is O=C(c1ccc2c(c1)CCN(c1ccco1)C2)N1CCN(C2CCC2)CC1. The van der Waals surface area contributed by atoms with E-state index in [-0.39, 0.29) is 5.91 Å². The zero-order valence-electron chi connectivity index (χ0n) is 15.8. The fourth-order valence-electron chi connectivity index (χ4n) is 4.55. The molecule has 1 amide bonds. The van der Waals surface area contributed by atoms with Gasteiger partial charge in [0.15, 0.2) is 5.88 Å². The first-order valence-corrected chi connectivity index (χ1v) is 10.2. The van der Waals surface area contributed by atoms with Crippen LogP contribution in [0.1, 0.15) is 40.7 Å². The molecule has 1 saturated carbocycles. The Morgan fingerprint density at radius 3 is 2.56 bits per heavy atom. The van der Waals surface area contributed by atoms with Gasteiger partial charge in [-0.15, -0.1) is 0 Å². The lowest BCUT2D eigenvalue weighted by Gasteiger charge is -2.43. The number of carbonyl (C=O) groups is 1. The van der Waals surface area contributed by atoms with Gasteiger partial charge in [0.1, 0.15) is 0 Å². The van der Waals surface area contributed by atoms with Gasteiger partial charge in [0.05, 0.1) is 6.26 Å². The number of furan rings is 1. The molecule has 0 N–H and O–H groups in total. The van der Waals surface area contributed by atoms with E-state index in [2.05, 4.69) is 21.9 Å². The highest BCUT2D eigenvalue weighted by molar-refractivity contribution is 5.94. The van der Waals surface area contributed by atoms with Crippen LogP contribution in [0.5, 0.6) is 0 Å². The number of fused-ring (bicyclic) bond motifs is 1. The smallest absolute Gasteiger partial charge is 0.253 e. The summed E-state index contributed by atoms with van der Waals surface area (Å²) in [7, 11) is 0. The van der Waals surface area contributed by atoms with Crippen LogP contribution in [0.15, 0.2) is 41.0 Å². The summed E-state index contributed by atoms with van der Waals surface area (Å²) >= 11 is 0. The van der Waals surface area contributed by atoms with Gasteiger partial charge in [-0.3, -0.25) is 9.69 Å². The van der Waals surface area contributed by atoms with Gasteiger partial charge in [0, 0.05) is 56.9 Å². The van der Waals surface area contributed by atoms with E-state index in [0.29, 0.717) is 0 Å². The first-order valence-electron chi connectivity index (χ1n) is 10.2. The first kappa shape index (κ1) is 16.9. The summed E-state index contributed by atoms with van der Waals surface area (Å²) in [5.41, 5.74) is 3.44. The highest BCUT2D eigenvalue weighted by atomic mass is 16.3. The number of carbonyl (C=O) groups excluding carboxylic acids is 1. The van der Waals surface area contributed by atoms with Crippen LogP contribution in [0.25, 0.3) is 0 Å². The summed E-state index contributed by atoms with van der Waals surface area (Å²) in [4.78, 5) is 19.8. The Labute approximate surface area is 160 Å². The lowest BCUT2D eigenvalue weighted by molar-refractivity contribution is 0.0455. The minimum atomic E-state index is 0.194. The van der Waals surface area contributed by atoms with Gasteiger partial charge in [-0.2, -0.15) is 0 Å². The second-order valence-electron chi connectivity index (χ2n) is 8.02. The van der Waals surface area contributed by atoms with Gasteiger partial charge in [0.2, 0.25) is 0 Å². The van der Waals surface area contributed by atoms with Gasteiger partial charge in [-0.1, -0.05) is 12.5 Å². The van der Waals surface area contributed by atoms with Gasteiger partial charge in [0.25, 0.3) is 5.91 Å². The number of hydrogen-bond acceptors (Lipinski definition) is 4. The van der Waals surface area contributed by atoms with Crippen molar-refractivity contribution in [2.45, 2.75) is 38.3 Å². The molecule has 0 spiro atoms. The van der Waals surface area contributed by atoms with E-state index in [1.165, 1.54) is 30.4 Å². The molecule has 5 rings (SSSR count). The molecule has 0 atom stereocenters. The molecule has 0 unspecified atom stereocenters. The fraction of sp³-hybridized carbons (Fsp3) is 0.500. The Hall–Kier alpha value is -2.27. The molecule has 2 aliphatic heterocycles. The van der Waals surface area contributed by atoms with Gasteiger partial charge in [-0.25, -0.2) is 0 Å². The van der Waals surface area contributed by atoms with Crippen molar-refractivity contribution in [2.24, 2.45) is 0 Å². The molecule has 0 bridgehead atoms. The molecule has 5 nitrogen and oxygen atoms in total. The Morgan fingerprint density at radius 1 is 1.00 bits per heavy atom. The second-order valence-corrected chi connectivity index (χ2v) is 8.02. The lowest BCUT2D eigenvalue weighted by Crippen LogP contribution is -2.53. The van der Waals surface area contributed by atoms with E-state index in [9.17, 15) is 4.79 Å². The molecule has 2 fully saturated rings. The van der Waals surface area contributed by atoms with E-state index < -0.39 is 0 Å². The summed E-state index contributed by atoms with van der Waals surface area (Å²) in [6, 6.07) is 11.0. The van der Waals surface area contributed by atoms with Crippen molar-refractivity contribution in [3.05, 3.63) is 53.3 Å². The third-order valence-electron chi connectivity index (χ3n) is 6.48. The van der Waals surface area contributed by atoms with Crippen molar-refractivity contribution in [3.8, 4) is 0 Å². The molecular formula is C22H27N3O2. The standard InChI is InChI=1S/C22H27N3O2/c26-22(24-12-10-23(11-13-24)20-3-1-4-20)18-6-7-19-16-25(9-8-17(19)15-18)21-5-2-14-27-21/h2,5-7,14-15,20H,1,3-4,8-13,16H2. The van der Waals surface area contributed by atoms with Crippen molar-refractivity contribution in [2.75, 3.05) is 37.6 Å². The minimum absolute atomic E-state index is 0.194. The van der Waals surface area contributed by atoms with E-state index in [1.54, 1.807) is 6.26 Å². The average Bonchev–Trinajstić information content (AvgIpc) is 3.21. The largest absolute Gasteiger partial charge is 0.449 e. The molecule has 1 aliphatic carbocycles. The maximum absolute atomic E-state index is 13.0.